The molecular weight excluding hydrogens is 338 g/mol. The number of amides is 1. The van der Waals surface area contributed by atoms with Crippen LogP contribution in [0.2, 0.25) is 5.02 Å². The summed E-state index contributed by atoms with van der Waals surface area (Å²) < 4.78 is 25.5. The first-order valence-corrected chi connectivity index (χ1v) is 8.59. The lowest BCUT2D eigenvalue weighted by molar-refractivity contribution is -0.121. The van der Waals surface area contributed by atoms with Crippen LogP contribution < -0.4 is 5.32 Å². The fourth-order valence-corrected chi connectivity index (χ4v) is 3.04. The molecule has 0 fully saturated rings. The van der Waals surface area contributed by atoms with E-state index in [0.717, 1.165) is 9.87 Å². The molecular formula is C15H16ClN3O3S. The first kappa shape index (κ1) is 17.4. The minimum atomic E-state index is -3.73. The maximum absolute atomic E-state index is 12.3. The molecule has 1 N–H and O–H groups in total. The van der Waals surface area contributed by atoms with Gasteiger partial charge in [0.25, 0.3) is 0 Å². The predicted molar refractivity (Wildman–Crippen MR) is 87.4 cm³/mol. The highest BCUT2D eigenvalue weighted by Crippen LogP contribution is 2.12. The van der Waals surface area contributed by atoms with Crippen LogP contribution in [0.1, 0.15) is 5.56 Å². The smallest absolute Gasteiger partial charge is 0.244 e. The molecule has 1 aromatic carbocycles. The van der Waals surface area contributed by atoms with Gasteiger partial charge >= 0.3 is 0 Å². The summed E-state index contributed by atoms with van der Waals surface area (Å²) in [7, 11) is -2.38. The van der Waals surface area contributed by atoms with E-state index in [1.807, 2.05) is 0 Å². The van der Waals surface area contributed by atoms with Crippen LogP contribution in [0.4, 0.5) is 0 Å². The number of benzene rings is 1. The van der Waals surface area contributed by atoms with Crippen LogP contribution in [0.25, 0.3) is 0 Å². The van der Waals surface area contributed by atoms with Gasteiger partial charge in [0.15, 0.2) is 0 Å². The minimum Gasteiger partial charge on any atom is -0.351 e. The number of nitrogens with zero attached hydrogens (tertiary/aromatic N) is 2. The summed E-state index contributed by atoms with van der Waals surface area (Å²) in [5, 5.41) is 3.28. The molecule has 0 aliphatic rings. The molecule has 8 heteroatoms. The van der Waals surface area contributed by atoms with Crippen LogP contribution in [0.15, 0.2) is 53.7 Å². The lowest BCUT2D eigenvalue weighted by Crippen LogP contribution is -2.38. The summed E-state index contributed by atoms with van der Waals surface area (Å²) in [6.45, 7) is 0.0294. The third-order valence-corrected chi connectivity index (χ3v) is 5.15. The zero-order valence-electron chi connectivity index (χ0n) is 12.4. The number of aromatic nitrogens is 1. The zero-order valence-corrected chi connectivity index (χ0v) is 14.0. The fourth-order valence-electron chi connectivity index (χ4n) is 1.83. The Labute approximate surface area is 140 Å². The molecule has 0 spiro atoms. The van der Waals surface area contributed by atoms with Gasteiger partial charge in [0.2, 0.25) is 15.9 Å². The van der Waals surface area contributed by atoms with Crippen LogP contribution in [0.5, 0.6) is 0 Å². The van der Waals surface area contributed by atoms with Crippen molar-refractivity contribution in [2.24, 2.45) is 0 Å². The van der Waals surface area contributed by atoms with E-state index in [-0.39, 0.29) is 11.4 Å². The molecule has 0 radical (unpaired) electrons. The van der Waals surface area contributed by atoms with Gasteiger partial charge < -0.3 is 5.32 Å². The van der Waals surface area contributed by atoms with E-state index in [4.69, 9.17) is 11.6 Å². The van der Waals surface area contributed by atoms with Crippen molar-refractivity contribution in [2.45, 2.75) is 11.4 Å². The molecule has 23 heavy (non-hydrogen) atoms. The molecule has 0 aliphatic carbocycles. The lowest BCUT2D eigenvalue weighted by Gasteiger charge is -2.16. The van der Waals surface area contributed by atoms with E-state index in [1.54, 1.807) is 24.3 Å². The van der Waals surface area contributed by atoms with Crippen molar-refractivity contribution in [1.82, 2.24) is 14.6 Å². The molecule has 6 nitrogen and oxygen atoms in total. The average Bonchev–Trinajstić information content (AvgIpc) is 2.55. The van der Waals surface area contributed by atoms with Gasteiger partial charge in [-0.2, -0.15) is 4.31 Å². The first-order valence-electron chi connectivity index (χ1n) is 6.77. The second kappa shape index (κ2) is 7.54. The van der Waals surface area contributed by atoms with E-state index in [9.17, 15) is 13.2 Å². The zero-order chi connectivity index (χ0) is 16.9. The van der Waals surface area contributed by atoms with Crippen molar-refractivity contribution in [1.29, 1.82) is 0 Å². The topological polar surface area (TPSA) is 79.4 Å². The van der Waals surface area contributed by atoms with Gasteiger partial charge in [-0.1, -0.05) is 23.7 Å². The third kappa shape index (κ3) is 4.75. The fraction of sp³-hybridized carbons (Fsp3) is 0.200. The first-order chi connectivity index (χ1) is 10.9. The quantitative estimate of drug-likeness (QED) is 0.856. The van der Waals surface area contributed by atoms with Crippen LogP contribution in [0.3, 0.4) is 0 Å². The largest absolute Gasteiger partial charge is 0.351 e. The number of likely N-dealkylation sites (N-methyl/N-ethyl adjacent to an activating group) is 1. The predicted octanol–water partition coefficient (Wildman–Crippen LogP) is 1.67. The van der Waals surface area contributed by atoms with E-state index < -0.39 is 15.9 Å². The van der Waals surface area contributed by atoms with E-state index >= 15 is 0 Å². The van der Waals surface area contributed by atoms with Crippen molar-refractivity contribution >= 4 is 27.5 Å². The second-order valence-electron chi connectivity index (χ2n) is 4.85. The summed E-state index contributed by atoms with van der Waals surface area (Å²) in [5.74, 6) is -0.394. The van der Waals surface area contributed by atoms with Crippen molar-refractivity contribution in [2.75, 3.05) is 13.6 Å². The Hall–Kier alpha value is -1.96. The number of hydrogen-bond acceptors (Lipinski definition) is 4. The van der Waals surface area contributed by atoms with Gasteiger partial charge in [0.05, 0.1) is 6.54 Å². The number of carbonyl (C=O) groups excluding carboxylic acids is 1. The van der Waals surface area contributed by atoms with Crippen LogP contribution in [-0.4, -0.2) is 37.2 Å². The van der Waals surface area contributed by atoms with Gasteiger partial charge in [-0.25, -0.2) is 8.42 Å². The van der Waals surface area contributed by atoms with E-state index in [2.05, 4.69) is 10.3 Å². The van der Waals surface area contributed by atoms with Gasteiger partial charge in [-0.05, 0) is 29.8 Å². The number of nitrogens with one attached hydrogen (secondary N) is 1. The number of sulfonamides is 1. The van der Waals surface area contributed by atoms with Crippen molar-refractivity contribution < 1.29 is 13.2 Å². The Kier molecular flexibility index (Phi) is 5.70. The highest BCUT2D eigenvalue weighted by Gasteiger charge is 2.22. The normalized spacial score (nSPS) is 11.4. The molecule has 0 atom stereocenters. The maximum atomic E-state index is 12.3. The standard InChI is InChI=1S/C15H16ClN3O3S/c1-19(23(21,22)14-3-2-8-17-10-14)11-15(20)18-9-12-4-6-13(16)7-5-12/h2-8,10H,9,11H2,1H3,(H,18,20). The van der Waals surface area contributed by atoms with Crippen LogP contribution >= 0.6 is 11.6 Å². The van der Waals surface area contributed by atoms with Gasteiger partial charge in [-0.15, -0.1) is 0 Å². The van der Waals surface area contributed by atoms with E-state index in [1.165, 1.54) is 31.6 Å². The van der Waals surface area contributed by atoms with E-state index in [0.29, 0.717) is 11.6 Å². The minimum absolute atomic E-state index is 0.0491. The second-order valence-corrected chi connectivity index (χ2v) is 7.33. The molecule has 2 rings (SSSR count). The third-order valence-electron chi connectivity index (χ3n) is 3.11. The van der Waals surface area contributed by atoms with Crippen LogP contribution in [-0.2, 0) is 21.4 Å². The molecule has 122 valence electrons. The molecule has 0 unspecified atom stereocenters. The summed E-state index contributed by atoms with van der Waals surface area (Å²) in [5.41, 5.74) is 0.875. The summed E-state index contributed by atoms with van der Waals surface area (Å²) in [6.07, 6.45) is 2.73. The average molecular weight is 354 g/mol. The summed E-state index contributed by atoms with van der Waals surface area (Å²) in [6, 6.07) is 9.99. The molecule has 0 bridgehead atoms. The SMILES string of the molecule is CN(CC(=O)NCc1ccc(Cl)cc1)S(=O)(=O)c1cccnc1. The molecule has 0 aliphatic heterocycles. The van der Waals surface area contributed by atoms with Gasteiger partial charge in [-0.3, -0.25) is 9.78 Å². The van der Waals surface area contributed by atoms with Crippen molar-refractivity contribution in [3.05, 3.63) is 59.4 Å². The Morgan fingerprint density at radius 2 is 1.96 bits per heavy atom. The highest BCUT2D eigenvalue weighted by atomic mass is 35.5. The summed E-state index contributed by atoms with van der Waals surface area (Å²) >= 11 is 5.79. The molecule has 0 saturated heterocycles. The molecule has 2 aromatic rings. The molecule has 1 heterocycles. The van der Waals surface area contributed by atoms with Gasteiger partial charge in [0.1, 0.15) is 4.90 Å². The number of carbonyl (C=O) groups is 1. The Bertz CT molecular complexity index is 764. The molecule has 1 aromatic heterocycles. The maximum Gasteiger partial charge on any atom is 0.244 e. The summed E-state index contributed by atoms with van der Waals surface area (Å²) in [4.78, 5) is 15.7. The monoisotopic (exact) mass is 353 g/mol. The van der Waals surface area contributed by atoms with Crippen molar-refractivity contribution in [3.8, 4) is 0 Å². The number of hydrogen-bond donors (Lipinski definition) is 1. The van der Waals surface area contributed by atoms with Crippen molar-refractivity contribution in [3.63, 3.8) is 0 Å². The highest BCUT2D eigenvalue weighted by molar-refractivity contribution is 7.89. The number of pyridine rings is 1. The Morgan fingerprint density at radius 1 is 1.26 bits per heavy atom. The Morgan fingerprint density at radius 3 is 2.57 bits per heavy atom. The number of halogens is 1. The molecule has 1 amide bonds. The molecule has 0 saturated carbocycles. The number of rotatable bonds is 6. The van der Waals surface area contributed by atoms with Crippen LogP contribution in [0, 0.1) is 0 Å². The van der Waals surface area contributed by atoms with Gasteiger partial charge in [0, 0.05) is 31.0 Å². The lowest BCUT2D eigenvalue weighted by atomic mass is 10.2. The Balaban J connectivity index is 1.93.